The second kappa shape index (κ2) is 7.04. The van der Waals surface area contributed by atoms with Gasteiger partial charge in [0.2, 0.25) is 0 Å². The van der Waals surface area contributed by atoms with Gasteiger partial charge in [-0.1, -0.05) is 67.3 Å². The van der Waals surface area contributed by atoms with Crippen molar-refractivity contribution in [2.45, 2.75) is 25.6 Å². The van der Waals surface area contributed by atoms with E-state index in [0.29, 0.717) is 0 Å². The summed E-state index contributed by atoms with van der Waals surface area (Å²) < 4.78 is 0. The standard InChI is InChI=1S/C18H21NO/c1-3-15-8-7-9-16(12-15)13-19-14(2)18(20)17-10-5-4-6-11-17/h3-12,14,18-20H,1,13H2,2H3/t14-,18-/m1/s1. The lowest BCUT2D eigenvalue weighted by Gasteiger charge is -2.20. The van der Waals surface area contributed by atoms with Crippen molar-refractivity contribution < 1.29 is 5.11 Å². The maximum absolute atomic E-state index is 10.3. The van der Waals surface area contributed by atoms with Gasteiger partial charge in [-0.2, -0.15) is 0 Å². The molecule has 0 aliphatic heterocycles. The van der Waals surface area contributed by atoms with Crippen LogP contribution in [-0.2, 0) is 6.54 Å². The lowest BCUT2D eigenvalue weighted by molar-refractivity contribution is 0.135. The van der Waals surface area contributed by atoms with Crippen molar-refractivity contribution in [3.63, 3.8) is 0 Å². The van der Waals surface area contributed by atoms with Crippen LogP contribution < -0.4 is 5.32 Å². The van der Waals surface area contributed by atoms with Crippen molar-refractivity contribution in [1.29, 1.82) is 0 Å². The van der Waals surface area contributed by atoms with E-state index < -0.39 is 6.10 Å². The number of aliphatic hydroxyl groups is 1. The summed E-state index contributed by atoms with van der Waals surface area (Å²) >= 11 is 0. The van der Waals surface area contributed by atoms with Crippen LogP contribution in [0.15, 0.2) is 61.2 Å². The van der Waals surface area contributed by atoms with E-state index in [4.69, 9.17) is 0 Å². The smallest absolute Gasteiger partial charge is 0.0940 e. The lowest BCUT2D eigenvalue weighted by Crippen LogP contribution is -2.31. The Morgan fingerprint density at radius 3 is 2.60 bits per heavy atom. The Morgan fingerprint density at radius 2 is 1.90 bits per heavy atom. The first-order valence-corrected chi connectivity index (χ1v) is 6.88. The van der Waals surface area contributed by atoms with Gasteiger partial charge in [0.05, 0.1) is 6.10 Å². The minimum Gasteiger partial charge on any atom is -0.387 e. The molecule has 2 heteroatoms. The van der Waals surface area contributed by atoms with Crippen LogP contribution in [0, 0.1) is 0 Å². The zero-order valence-electron chi connectivity index (χ0n) is 11.8. The molecule has 0 unspecified atom stereocenters. The molecule has 0 aromatic heterocycles. The molecule has 2 atom stereocenters. The maximum Gasteiger partial charge on any atom is 0.0940 e. The zero-order chi connectivity index (χ0) is 14.4. The van der Waals surface area contributed by atoms with Crippen molar-refractivity contribution in [3.05, 3.63) is 77.9 Å². The molecule has 0 saturated heterocycles. The van der Waals surface area contributed by atoms with E-state index in [9.17, 15) is 5.11 Å². The van der Waals surface area contributed by atoms with Crippen molar-refractivity contribution in [1.82, 2.24) is 5.32 Å². The third-order valence-corrected chi connectivity index (χ3v) is 3.43. The van der Waals surface area contributed by atoms with Crippen molar-refractivity contribution in [2.24, 2.45) is 0 Å². The van der Waals surface area contributed by atoms with E-state index in [1.807, 2.05) is 55.5 Å². The van der Waals surface area contributed by atoms with Crippen molar-refractivity contribution in [2.75, 3.05) is 0 Å². The number of rotatable bonds is 6. The molecule has 2 nitrogen and oxygen atoms in total. The Hall–Kier alpha value is -1.90. The number of hydrogen-bond acceptors (Lipinski definition) is 2. The summed E-state index contributed by atoms with van der Waals surface area (Å²) in [7, 11) is 0. The Labute approximate surface area is 120 Å². The Balaban J connectivity index is 1.94. The molecule has 0 radical (unpaired) electrons. The third-order valence-electron chi connectivity index (χ3n) is 3.43. The SMILES string of the molecule is C=Cc1cccc(CN[C@H](C)[C@@H](O)c2ccccc2)c1. The van der Waals surface area contributed by atoms with Gasteiger partial charge in [0.25, 0.3) is 0 Å². The van der Waals surface area contributed by atoms with Crippen LogP contribution in [0.4, 0.5) is 0 Å². The largest absolute Gasteiger partial charge is 0.387 e. The van der Waals surface area contributed by atoms with E-state index in [-0.39, 0.29) is 6.04 Å². The van der Waals surface area contributed by atoms with Gasteiger partial charge in [0, 0.05) is 12.6 Å². The van der Waals surface area contributed by atoms with E-state index in [0.717, 1.165) is 17.7 Å². The molecule has 0 heterocycles. The summed E-state index contributed by atoms with van der Waals surface area (Å²) in [6.07, 6.45) is 1.34. The van der Waals surface area contributed by atoms with E-state index in [2.05, 4.69) is 24.0 Å². The molecule has 2 N–H and O–H groups in total. The van der Waals surface area contributed by atoms with Gasteiger partial charge in [-0.15, -0.1) is 0 Å². The second-order valence-electron chi connectivity index (χ2n) is 4.97. The minimum atomic E-state index is -0.501. The molecule has 0 bridgehead atoms. The quantitative estimate of drug-likeness (QED) is 0.839. The van der Waals surface area contributed by atoms with Gasteiger partial charge >= 0.3 is 0 Å². The molecule has 2 rings (SSSR count). The van der Waals surface area contributed by atoms with Crippen LogP contribution in [0.2, 0.25) is 0 Å². The van der Waals surface area contributed by atoms with E-state index >= 15 is 0 Å². The highest BCUT2D eigenvalue weighted by Crippen LogP contribution is 2.16. The average Bonchev–Trinajstić information content (AvgIpc) is 2.53. The number of hydrogen-bond donors (Lipinski definition) is 2. The van der Waals surface area contributed by atoms with Gasteiger partial charge < -0.3 is 10.4 Å². The molecule has 20 heavy (non-hydrogen) atoms. The Morgan fingerprint density at radius 1 is 1.15 bits per heavy atom. The first-order valence-electron chi connectivity index (χ1n) is 6.88. The average molecular weight is 267 g/mol. The Kier molecular flexibility index (Phi) is 5.10. The molecule has 0 aliphatic rings. The van der Waals surface area contributed by atoms with Gasteiger partial charge in [-0.3, -0.25) is 0 Å². The first kappa shape index (κ1) is 14.5. The molecule has 104 valence electrons. The van der Waals surface area contributed by atoms with Crippen LogP contribution in [0.25, 0.3) is 6.08 Å². The summed E-state index contributed by atoms with van der Waals surface area (Å²) in [6.45, 7) is 6.50. The molecule has 2 aromatic rings. The molecule has 0 amide bonds. The van der Waals surface area contributed by atoms with Crippen LogP contribution in [0.1, 0.15) is 29.7 Å². The topological polar surface area (TPSA) is 32.3 Å². The fraction of sp³-hybridized carbons (Fsp3) is 0.222. The van der Waals surface area contributed by atoms with Gasteiger partial charge in [0.15, 0.2) is 0 Å². The predicted octanol–water partition coefficient (Wildman–Crippen LogP) is 3.54. The molecule has 0 saturated carbocycles. The van der Waals surface area contributed by atoms with E-state index in [1.54, 1.807) is 0 Å². The lowest BCUT2D eigenvalue weighted by atomic mass is 10.0. The number of aliphatic hydroxyl groups excluding tert-OH is 1. The number of nitrogens with one attached hydrogen (secondary N) is 1. The fourth-order valence-corrected chi connectivity index (χ4v) is 2.16. The third kappa shape index (κ3) is 3.80. The number of benzene rings is 2. The normalized spacial score (nSPS) is 13.7. The van der Waals surface area contributed by atoms with Gasteiger partial charge in [-0.25, -0.2) is 0 Å². The first-order chi connectivity index (χ1) is 9.70. The second-order valence-corrected chi connectivity index (χ2v) is 4.97. The molecular formula is C18H21NO. The van der Waals surface area contributed by atoms with E-state index in [1.165, 1.54) is 5.56 Å². The van der Waals surface area contributed by atoms with Crippen LogP contribution >= 0.6 is 0 Å². The van der Waals surface area contributed by atoms with Crippen LogP contribution in [0.3, 0.4) is 0 Å². The molecular weight excluding hydrogens is 246 g/mol. The van der Waals surface area contributed by atoms with Crippen LogP contribution in [0.5, 0.6) is 0 Å². The molecule has 2 aromatic carbocycles. The summed E-state index contributed by atoms with van der Waals surface area (Å²) in [6, 6.07) is 17.9. The molecule has 0 fully saturated rings. The van der Waals surface area contributed by atoms with Crippen molar-refractivity contribution in [3.8, 4) is 0 Å². The predicted molar refractivity (Wildman–Crippen MR) is 84.2 cm³/mol. The highest BCUT2D eigenvalue weighted by Gasteiger charge is 2.15. The zero-order valence-corrected chi connectivity index (χ0v) is 11.8. The Bertz CT molecular complexity index is 550. The fourth-order valence-electron chi connectivity index (χ4n) is 2.16. The monoisotopic (exact) mass is 267 g/mol. The molecule has 0 spiro atoms. The minimum absolute atomic E-state index is 0.00946. The summed E-state index contributed by atoms with van der Waals surface area (Å²) in [5.74, 6) is 0. The van der Waals surface area contributed by atoms with Gasteiger partial charge in [0.1, 0.15) is 0 Å². The molecule has 0 aliphatic carbocycles. The highest BCUT2D eigenvalue weighted by molar-refractivity contribution is 5.47. The highest BCUT2D eigenvalue weighted by atomic mass is 16.3. The summed E-state index contributed by atoms with van der Waals surface area (Å²) in [5, 5.41) is 13.7. The van der Waals surface area contributed by atoms with Crippen LogP contribution in [-0.4, -0.2) is 11.1 Å². The summed E-state index contributed by atoms with van der Waals surface area (Å²) in [5.41, 5.74) is 3.24. The van der Waals surface area contributed by atoms with Gasteiger partial charge in [-0.05, 0) is 23.6 Å². The van der Waals surface area contributed by atoms with Crippen molar-refractivity contribution >= 4 is 6.08 Å². The summed E-state index contributed by atoms with van der Waals surface area (Å²) in [4.78, 5) is 0. The maximum atomic E-state index is 10.3.